The summed E-state index contributed by atoms with van der Waals surface area (Å²) in [7, 11) is 0. The molecule has 2 nitrogen and oxygen atoms in total. The molecule has 3 heteroatoms. The van der Waals surface area contributed by atoms with Gasteiger partial charge in [-0.25, -0.2) is 4.39 Å². The molecule has 2 rings (SSSR count). The van der Waals surface area contributed by atoms with Crippen molar-refractivity contribution in [2.75, 3.05) is 11.5 Å². The van der Waals surface area contributed by atoms with Crippen molar-refractivity contribution in [2.24, 2.45) is 0 Å². The van der Waals surface area contributed by atoms with Gasteiger partial charge in [-0.2, -0.15) is 0 Å². The molecule has 0 radical (unpaired) electrons. The standard InChI is InChI=1S/C12H11FN2/c13-12-7-10(15)4-5-11(12)8-2-1-3-9(14)6-8/h1-7H,14-15H2. The van der Waals surface area contributed by atoms with Crippen LogP contribution in [0.2, 0.25) is 0 Å². The van der Waals surface area contributed by atoms with Gasteiger partial charge in [-0.3, -0.25) is 0 Å². The van der Waals surface area contributed by atoms with Crippen LogP contribution in [0.25, 0.3) is 11.1 Å². The lowest BCUT2D eigenvalue weighted by Crippen LogP contribution is -1.90. The molecular weight excluding hydrogens is 191 g/mol. The van der Waals surface area contributed by atoms with E-state index in [0.717, 1.165) is 5.56 Å². The quantitative estimate of drug-likeness (QED) is 0.698. The molecule has 0 saturated heterocycles. The molecule has 76 valence electrons. The van der Waals surface area contributed by atoms with Crippen molar-refractivity contribution in [1.29, 1.82) is 0 Å². The molecule has 0 aromatic heterocycles. The van der Waals surface area contributed by atoms with Crippen LogP contribution in [0.5, 0.6) is 0 Å². The summed E-state index contributed by atoms with van der Waals surface area (Å²) in [4.78, 5) is 0. The molecule has 0 aliphatic heterocycles. The molecular formula is C12H11FN2. The van der Waals surface area contributed by atoms with E-state index in [9.17, 15) is 4.39 Å². The van der Waals surface area contributed by atoms with Gasteiger partial charge in [0.15, 0.2) is 0 Å². The van der Waals surface area contributed by atoms with Crippen LogP contribution in [-0.2, 0) is 0 Å². The minimum atomic E-state index is -0.333. The van der Waals surface area contributed by atoms with E-state index in [2.05, 4.69) is 0 Å². The summed E-state index contributed by atoms with van der Waals surface area (Å²) in [6, 6.07) is 11.7. The molecule has 0 aliphatic rings. The molecule has 0 amide bonds. The van der Waals surface area contributed by atoms with Crippen LogP contribution in [0.4, 0.5) is 15.8 Å². The van der Waals surface area contributed by atoms with Crippen molar-refractivity contribution >= 4 is 11.4 Å². The minimum Gasteiger partial charge on any atom is -0.399 e. The number of anilines is 2. The Morgan fingerprint density at radius 2 is 1.60 bits per heavy atom. The van der Waals surface area contributed by atoms with E-state index in [4.69, 9.17) is 11.5 Å². The minimum absolute atomic E-state index is 0.333. The highest BCUT2D eigenvalue weighted by Gasteiger charge is 2.04. The monoisotopic (exact) mass is 202 g/mol. The Kier molecular flexibility index (Phi) is 2.29. The van der Waals surface area contributed by atoms with Gasteiger partial charge in [-0.05, 0) is 35.9 Å². The van der Waals surface area contributed by atoms with Crippen LogP contribution in [0.3, 0.4) is 0 Å². The third-order valence-corrected chi connectivity index (χ3v) is 2.19. The van der Waals surface area contributed by atoms with Crippen molar-refractivity contribution in [3.63, 3.8) is 0 Å². The number of nitrogen functional groups attached to an aromatic ring is 2. The number of rotatable bonds is 1. The summed E-state index contributed by atoms with van der Waals surface area (Å²) < 4.78 is 13.5. The summed E-state index contributed by atoms with van der Waals surface area (Å²) in [6.45, 7) is 0. The normalized spacial score (nSPS) is 10.2. The summed E-state index contributed by atoms with van der Waals surface area (Å²) in [5, 5.41) is 0. The smallest absolute Gasteiger partial charge is 0.133 e. The van der Waals surface area contributed by atoms with Crippen molar-refractivity contribution in [3.05, 3.63) is 48.3 Å². The second kappa shape index (κ2) is 3.61. The van der Waals surface area contributed by atoms with E-state index >= 15 is 0 Å². The predicted octanol–water partition coefficient (Wildman–Crippen LogP) is 2.66. The lowest BCUT2D eigenvalue weighted by Gasteiger charge is -2.05. The van der Waals surface area contributed by atoms with E-state index in [-0.39, 0.29) is 5.82 Å². The lowest BCUT2D eigenvalue weighted by molar-refractivity contribution is 0.632. The van der Waals surface area contributed by atoms with Crippen LogP contribution in [-0.4, -0.2) is 0 Å². The molecule has 2 aromatic carbocycles. The van der Waals surface area contributed by atoms with E-state index in [1.165, 1.54) is 6.07 Å². The van der Waals surface area contributed by atoms with E-state index in [0.29, 0.717) is 16.9 Å². The highest BCUT2D eigenvalue weighted by atomic mass is 19.1. The summed E-state index contributed by atoms with van der Waals surface area (Å²) in [5.41, 5.74) is 13.4. The van der Waals surface area contributed by atoms with E-state index in [1.807, 2.05) is 6.07 Å². The molecule has 0 spiro atoms. The molecule has 0 unspecified atom stereocenters. The maximum absolute atomic E-state index is 13.5. The van der Waals surface area contributed by atoms with E-state index in [1.54, 1.807) is 30.3 Å². The Balaban J connectivity index is 2.54. The number of halogens is 1. The van der Waals surface area contributed by atoms with Crippen molar-refractivity contribution < 1.29 is 4.39 Å². The number of nitrogens with two attached hydrogens (primary N) is 2. The van der Waals surface area contributed by atoms with Gasteiger partial charge in [0.2, 0.25) is 0 Å². The highest BCUT2D eigenvalue weighted by molar-refractivity contribution is 5.69. The number of hydrogen-bond acceptors (Lipinski definition) is 2. The first-order valence-corrected chi connectivity index (χ1v) is 4.58. The molecule has 4 N–H and O–H groups in total. The van der Waals surface area contributed by atoms with Gasteiger partial charge in [0.25, 0.3) is 0 Å². The van der Waals surface area contributed by atoms with Gasteiger partial charge in [0, 0.05) is 16.9 Å². The number of benzene rings is 2. The van der Waals surface area contributed by atoms with Crippen LogP contribution in [0, 0.1) is 5.82 Å². The zero-order valence-corrected chi connectivity index (χ0v) is 8.07. The van der Waals surface area contributed by atoms with Crippen molar-refractivity contribution in [2.45, 2.75) is 0 Å². The van der Waals surface area contributed by atoms with Crippen LogP contribution in [0.15, 0.2) is 42.5 Å². The Hall–Kier alpha value is -2.03. The molecule has 0 heterocycles. The number of hydrogen-bond donors (Lipinski definition) is 2. The summed E-state index contributed by atoms with van der Waals surface area (Å²) >= 11 is 0. The van der Waals surface area contributed by atoms with Gasteiger partial charge >= 0.3 is 0 Å². The van der Waals surface area contributed by atoms with Gasteiger partial charge in [-0.15, -0.1) is 0 Å². The molecule has 0 saturated carbocycles. The molecule has 0 fully saturated rings. The highest BCUT2D eigenvalue weighted by Crippen LogP contribution is 2.25. The average Bonchev–Trinajstić information content (AvgIpc) is 2.17. The molecule has 0 bridgehead atoms. The summed E-state index contributed by atoms with van der Waals surface area (Å²) in [5.74, 6) is -0.333. The Labute approximate surface area is 87.3 Å². The second-order valence-corrected chi connectivity index (χ2v) is 3.36. The Morgan fingerprint density at radius 3 is 2.27 bits per heavy atom. The first kappa shape index (κ1) is 9.52. The van der Waals surface area contributed by atoms with Gasteiger partial charge < -0.3 is 11.5 Å². The molecule has 0 atom stereocenters. The molecule has 15 heavy (non-hydrogen) atoms. The lowest BCUT2D eigenvalue weighted by atomic mass is 10.0. The van der Waals surface area contributed by atoms with Crippen LogP contribution in [0.1, 0.15) is 0 Å². The Bertz CT molecular complexity index is 495. The molecule has 0 aliphatic carbocycles. The van der Waals surface area contributed by atoms with Gasteiger partial charge in [0.05, 0.1) is 0 Å². The van der Waals surface area contributed by atoms with Crippen LogP contribution >= 0.6 is 0 Å². The first-order chi connectivity index (χ1) is 7.16. The SMILES string of the molecule is Nc1cccc(-c2ccc(N)cc2F)c1. The average molecular weight is 202 g/mol. The fraction of sp³-hybridized carbons (Fsp3) is 0. The maximum Gasteiger partial charge on any atom is 0.133 e. The third-order valence-electron chi connectivity index (χ3n) is 2.19. The van der Waals surface area contributed by atoms with Crippen molar-refractivity contribution in [3.8, 4) is 11.1 Å². The molecule has 2 aromatic rings. The first-order valence-electron chi connectivity index (χ1n) is 4.58. The van der Waals surface area contributed by atoms with Crippen LogP contribution < -0.4 is 11.5 Å². The van der Waals surface area contributed by atoms with E-state index < -0.39 is 0 Å². The zero-order chi connectivity index (χ0) is 10.8. The van der Waals surface area contributed by atoms with Gasteiger partial charge in [0.1, 0.15) is 5.82 Å². The zero-order valence-electron chi connectivity index (χ0n) is 8.07. The fourth-order valence-electron chi connectivity index (χ4n) is 1.47. The summed E-state index contributed by atoms with van der Waals surface area (Å²) in [6.07, 6.45) is 0. The Morgan fingerprint density at radius 1 is 0.867 bits per heavy atom. The largest absolute Gasteiger partial charge is 0.399 e. The van der Waals surface area contributed by atoms with Crippen molar-refractivity contribution in [1.82, 2.24) is 0 Å². The van der Waals surface area contributed by atoms with Gasteiger partial charge in [-0.1, -0.05) is 12.1 Å². The third kappa shape index (κ3) is 1.91. The second-order valence-electron chi connectivity index (χ2n) is 3.36. The maximum atomic E-state index is 13.5. The fourth-order valence-corrected chi connectivity index (χ4v) is 1.47. The topological polar surface area (TPSA) is 52.0 Å². The predicted molar refractivity (Wildman–Crippen MR) is 60.7 cm³/mol.